The van der Waals surface area contributed by atoms with Gasteiger partial charge in [-0.25, -0.2) is 8.42 Å². The zero-order chi connectivity index (χ0) is 18.9. The molecule has 4 nitrogen and oxygen atoms in total. The van der Waals surface area contributed by atoms with E-state index in [-0.39, 0.29) is 25.4 Å². The van der Waals surface area contributed by atoms with Gasteiger partial charge in [0.15, 0.2) is 0 Å². The second kappa shape index (κ2) is 7.58. The molecule has 134 valence electrons. The molecule has 2 aromatic carbocycles. The maximum atomic E-state index is 12.8. The second-order valence-electron chi connectivity index (χ2n) is 5.15. The fourth-order valence-electron chi connectivity index (χ4n) is 2.19. The highest BCUT2D eigenvalue weighted by molar-refractivity contribution is 7.91. The summed E-state index contributed by atoms with van der Waals surface area (Å²) >= 11 is 18.8. The van der Waals surface area contributed by atoms with Gasteiger partial charge in [-0.15, -0.1) is 11.3 Å². The number of nitrogens with one attached hydrogen (secondary N) is 1. The van der Waals surface area contributed by atoms with Crippen LogP contribution < -0.4 is 5.32 Å². The number of carbonyl (C=O) groups excluding carboxylic acids is 1. The average Bonchev–Trinajstić information content (AvgIpc) is 3.04. The molecule has 26 heavy (non-hydrogen) atoms. The van der Waals surface area contributed by atoms with Crippen molar-refractivity contribution in [1.29, 1.82) is 0 Å². The Morgan fingerprint density at radius 3 is 2.23 bits per heavy atom. The van der Waals surface area contributed by atoms with Crippen LogP contribution in [0.5, 0.6) is 0 Å². The first-order valence-corrected chi connectivity index (χ1v) is 10.6. The minimum absolute atomic E-state index is 0.00302. The summed E-state index contributed by atoms with van der Waals surface area (Å²) in [6.45, 7) is 0. The van der Waals surface area contributed by atoms with Gasteiger partial charge >= 0.3 is 0 Å². The average molecular weight is 447 g/mol. The molecule has 0 atom stereocenters. The smallest absolute Gasteiger partial charge is 0.257 e. The number of rotatable bonds is 4. The molecule has 0 aliphatic heterocycles. The first-order valence-electron chi connectivity index (χ1n) is 7.13. The molecule has 0 aliphatic rings. The number of sulfone groups is 1. The fraction of sp³-hybridized carbons (Fsp3) is 0. The van der Waals surface area contributed by atoms with E-state index < -0.39 is 15.7 Å². The molecular weight excluding hydrogens is 437 g/mol. The predicted molar refractivity (Wildman–Crippen MR) is 106 cm³/mol. The molecular formula is C17H10Cl3NO3S2. The lowest BCUT2D eigenvalue weighted by atomic mass is 10.2. The van der Waals surface area contributed by atoms with Crippen LogP contribution in [0.3, 0.4) is 0 Å². The number of anilines is 1. The van der Waals surface area contributed by atoms with E-state index in [1.54, 1.807) is 5.38 Å². The molecule has 1 aromatic heterocycles. The summed E-state index contributed by atoms with van der Waals surface area (Å²) < 4.78 is 25.7. The van der Waals surface area contributed by atoms with E-state index in [2.05, 4.69) is 5.32 Å². The largest absolute Gasteiger partial charge is 0.312 e. The molecule has 9 heteroatoms. The molecule has 0 saturated heterocycles. The van der Waals surface area contributed by atoms with Gasteiger partial charge in [-0.1, -0.05) is 34.8 Å². The maximum Gasteiger partial charge on any atom is 0.257 e. The van der Waals surface area contributed by atoms with Crippen LogP contribution in [0, 0.1) is 0 Å². The van der Waals surface area contributed by atoms with Crippen molar-refractivity contribution in [3.8, 4) is 0 Å². The second-order valence-corrected chi connectivity index (χ2v) is 9.26. The summed E-state index contributed by atoms with van der Waals surface area (Å²) in [6, 6.07) is 11.7. The summed E-state index contributed by atoms with van der Waals surface area (Å²) in [5.74, 6) is -0.526. The van der Waals surface area contributed by atoms with Gasteiger partial charge in [0, 0.05) is 10.0 Å². The van der Waals surface area contributed by atoms with Gasteiger partial charge in [0.1, 0.15) is 9.90 Å². The van der Waals surface area contributed by atoms with Gasteiger partial charge in [0.05, 0.1) is 15.5 Å². The third kappa shape index (κ3) is 3.89. The molecule has 0 fully saturated rings. The van der Waals surface area contributed by atoms with E-state index >= 15 is 0 Å². The lowest BCUT2D eigenvalue weighted by Crippen LogP contribution is -2.14. The molecule has 0 aliphatic carbocycles. The van der Waals surface area contributed by atoms with Crippen LogP contribution in [-0.2, 0) is 9.84 Å². The highest BCUT2D eigenvalue weighted by atomic mass is 35.5. The highest BCUT2D eigenvalue weighted by Crippen LogP contribution is 2.33. The normalized spacial score (nSPS) is 11.3. The van der Waals surface area contributed by atoms with Gasteiger partial charge in [0.2, 0.25) is 9.84 Å². The Kier molecular flexibility index (Phi) is 5.60. The number of hydrogen-bond donors (Lipinski definition) is 1. The third-order valence-electron chi connectivity index (χ3n) is 3.45. The third-order valence-corrected chi connectivity index (χ3v) is 7.02. The molecule has 0 spiro atoms. The van der Waals surface area contributed by atoms with Gasteiger partial charge in [0.25, 0.3) is 5.91 Å². The van der Waals surface area contributed by atoms with Crippen molar-refractivity contribution < 1.29 is 13.2 Å². The number of hydrogen-bond acceptors (Lipinski definition) is 4. The molecule has 1 amide bonds. The van der Waals surface area contributed by atoms with Crippen LogP contribution in [0.4, 0.5) is 5.00 Å². The first kappa shape index (κ1) is 19.2. The minimum atomic E-state index is -3.80. The first-order chi connectivity index (χ1) is 12.3. The Bertz CT molecular complexity index is 1080. The van der Waals surface area contributed by atoms with Gasteiger partial charge in [-0.05, 0) is 53.9 Å². The molecule has 0 radical (unpaired) electrons. The molecule has 1 N–H and O–H groups in total. The van der Waals surface area contributed by atoms with Crippen LogP contribution in [0.25, 0.3) is 0 Å². The summed E-state index contributed by atoms with van der Waals surface area (Å²) in [4.78, 5) is 12.5. The number of benzene rings is 2. The van der Waals surface area contributed by atoms with E-state index in [1.165, 1.54) is 48.5 Å². The zero-order valence-corrected chi connectivity index (χ0v) is 16.8. The number of thiophene rings is 1. The molecule has 0 saturated carbocycles. The Hall–Kier alpha value is -1.57. The summed E-state index contributed by atoms with van der Waals surface area (Å²) in [6.07, 6.45) is 0. The Morgan fingerprint density at radius 1 is 0.923 bits per heavy atom. The monoisotopic (exact) mass is 445 g/mol. The lowest BCUT2D eigenvalue weighted by molar-refractivity contribution is 0.102. The SMILES string of the molecule is O=C(Nc1sccc1S(=O)(=O)c1ccc(Cl)cc1)c1ccc(Cl)cc1Cl. The zero-order valence-electron chi connectivity index (χ0n) is 12.9. The van der Waals surface area contributed by atoms with E-state index in [1.807, 2.05) is 0 Å². The Labute approximate surface area is 169 Å². The van der Waals surface area contributed by atoms with Crippen molar-refractivity contribution in [2.75, 3.05) is 5.32 Å². The number of carbonyl (C=O) groups is 1. The van der Waals surface area contributed by atoms with E-state index in [4.69, 9.17) is 34.8 Å². The fourth-order valence-corrected chi connectivity index (χ4v) is 5.33. The van der Waals surface area contributed by atoms with Gasteiger partial charge in [-0.3, -0.25) is 4.79 Å². The van der Waals surface area contributed by atoms with Crippen LogP contribution in [0.1, 0.15) is 10.4 Å². The van der Waals surface area contributed by atoms with Crippen molar-refractivity contribution in [2.45, 2.75) is 9.79 Å². The van der Waals surface area contributed by atoms with E-state index in [9.17, 15) is 13.2 Å². The molecule has 3 rings (SSSR count). The molecule has 1 heterocycles. The van der Waals surface area contributed by atoms with Crippen LogP contribution >= 0.6 is 46.1 Å². The Balaban J connectivity index is 1.93. The van der Waals surface area contributed by atoms with Crippen molar-refractivity contribution in [2.24, 2.45) is 0 Å². The van der Waals surface area contributed by atoms with Crippen molar-refractivity contribution >= 4 is 66.9 Å². The molecule has 3 aromatic rings. The van der Waals surface area contributed by atoms with Crippen LogP contribution in [0.15, 0.2) is 63.7 Å². The topological polar surface area (TPSA) is 63.2 Å². The Morgan fingerprint density at radius 2 is 1.58 bits per heavy atom. The summed E-state index contributed by atoms with van der Waals surface area (Å²) in [7, 11) is -3.80. The van der Waals surface area contributed by atoms with Gasteiger partial charge < -0.3 is 5.32 Å². The van der Waals surface area contributed by atoms with Crippen LogP contribution in [0.2, 0.25) is 15.1 Å². The van der Waals surface area contributed by atoms with Crippen LogP contribution in [-0.4, -0.2) is 14.3 Å². The van der Waals surface area contributed by atoms with Crippen molar-refractivity contribution in [3.63, 3.8) is 0 Å². The summed E-state index contributed by atoms with van der Waals surface area (Å²) in [5.41, 5.74) is 0.194. The van der Waals surface area contributed by atoms with Crippen molar-refractivity contribution in [1.82, 2.24) is 0 Å². The van der Waals surface area contributed by atoms with Crippen molar-refractivity contribution in [3.05, 3.63) is 74.5 Å². The standard InChI is InChI=1S/C17H10Cl3NO3S2/c18-10-1-4-12(5-2-10)26(23,24)15-7-8-25-17(15)21-16(22)13-6-3-11(19)9-14(13)20/h1-9H,(H,21,22). The predicted octanol–water partition coefficient (Wildman–Crippen LogP) is 5.79. The molecule has 0 bridgehead atoms. The summed E-state index contributed by atoms with van der Waals surface area (Å²) in [5, 5.41) is 5.39. The quantitative estimate of drug-likeness (QED) is 0.551. The lowest BCUT2D eigenvalue weighted by Gasteiger charge is -2.09. The molecule has 0 unspecified atom stereocenters. The van der Waals surface area contributed by atoms with Gasteiger partial charge in [-0.2, -0.15) is 0 Å². The van der Waals surface area contributed by atoms with E-state index in [0.29, 0.717) is 10.0 Å². The maximum absolute atomic E-state index is 12.8. The van der Waals surface area contributed by atoms with E-state index in [0.717, 1.165) is 11.3 Å². The number of amides is 1. The number of halogens is 3. The highest BCUT2D eigenvalue weighted by Gasteiger charge is 2.24. The minimum Gasteiger partial charge on any atom is -0.312 e.